The zero-order valence-electron chi connectivity index (χ0n) is 16.3. The Kier molecular flexibility index (Phi) is 6.22. The van der Waals surface area contributed by atoms with Gasteiger partial charge in [0.1, 0.15) is 5.75 Å². The first kappa shape index (κ1) is 20.9. The molecule has 0 bridgehead atoms. The predicted molar refractivity (Wildman–Crippen MR) is 110 cm³/mol. The summed E-state index contributed by atoms with van der Waals surface area (Å²) in [5.74, 6) is -0.254. The zero-order chi connectivity index (χ0) is 21.0. The lowest BCUT2D eigenvalue weighted by Crippen LogP contribution is -2.40. The fourth-order valence-electron chi connectivity index (χ4n) is 3.20. The van der Waals surface area contributed by atoms with Crippen molar-refractivity contribution in [2.24, 2.45) is 0 Å². The summed E-state index contributed by atoms with van der Waals surface area (Å²) in [6.07, 6.45) is 3.29. The number of carbonyl (C=O) groups excluding carboxylic acids is 2. The number of benzene rings is 2. The lowest BCUT2D eigenvalue weighted by molar-refractivity contribution is -0.148. The van der Waals surface area contributed by atoms with E-state index in [9.17, 15) is 18.0 Å². The Balaban J connectivity index is 1.54. The SMILES string of the molecule is COc1ccc2cc(/C=C/C(=O)OCC(=O)N(C)[C@@H]3CCS(=O)(=O)C3)ccc2c1. The van der Waals surface area contributed by atoms with Crippen LogP contribution in [0.5, 0.6) is 5.75 Å². The molecule has 0 saturated carbocycles. The Bertz CT molecular complexity index is 1060. The molecule has 8 heteroatoms. The highest BCUT2D eigenvalue weighted by molar-refractivity contribution is 7.91. The molecule has 3 rings (SSSR count). The second-order valence-electron chi connectivity index (χ2n) is 6.98. The first-order valence-corrected chi connectivity index (χ1v) is 11.0. The van der Waals surface area contributed by atoms with Gasteiger partial charge in [-0.05, 0) is 47.0 Å². The Morgan fingerprint density at radius 1 is 1.17 bits per heavy atom. The molecule has 1 saturated heterocycles. The van der Waals surface area contributed by atoms with E-state index in [0.29, 0.717) is 6.42 Å². The molecule has 29 heavy (non-hydrogen) atoms. The lowest BCUT2D eigenvalue weighted by Gasteiger charge is -2.22. The van der Waals surface area contributed by atoms with Gasteiger partial charge >= 0.3 is 5.97 Å². The number of hydrogen-bond acceptors (Lipinski definition) is 6. The minimum atomic E-state index is -3.08. The summed E-state index contributed by atoms with van der Waals surface area (Å²) in [6.45, 7) is -0.423. The third-order valence-corrected chi connectivity index (χ3v) is 6.72. The molecule has 0 aliphatic carbocycles. The minimum absolute atomic E-state index is 0.0447. The third-order valence-electron chi connectivity index (χ3n) is 4.97. The number of methoxy groups -OCH3 is 1. The zero-order valence-corrected chi connectivity index (χ0v) is 17.1. The van der Waals surface area contributed by atoms with Crippen molar-refractivity contribution in [2.45, 2.75) is 12.5 Å². The van der Waals surface area contributed by atoms with Crippen molar-refractivity contribution in [1.29, 1.82) is 0 Å². The van der Waals surface area contributed by atoms with Crippen molar-refractivity contribution in [2.75, 3.05) is 32.3 Å². The lowest BCUT2D eigenvalue weighted by atomic mass is 10.1. The summed E-state index contributed by atoms with van der Waals surface area (Å²) in [6, 6.07) is 11.1. The number of sulfone groups is 1. The Hall–Kier alpha value is -2.87. The van der Waals surface area contributed by atoms with Crippen molar-refractivity contribution < 1.29 is 27.5 Å². The van der Waals surface area contributed by atoms with E-state index in [1.54, 1.807) is 13.2 Å². The van der Waals surface area contributed by atoms with Gasteiger partial charge in [-0.3, -0.25) is 4.79 Å². The number of rotatable bonds is 6. The van der Waals surface area contributed by atoms with Gasteiger partial charge in [-0.25, -0.2) is 13.2 Å². The average Bonchev–Trinajstić information content (AvgIpc) is 3.08. The monoisotopic (exact) mass is 417 g/mol. The van der Waals surface area contributed by atoms with Crippen molar-refractivity contribution in [3.63, 3.8) is 0 Å². The normalized spacial score (nSPS) is 18.1. The highest BCUT2D eigenvalue weighted by atomic mass is 32.2. The van der Waals surface area contributed by atoms with E-state index in [1.807, 2.05) is 36.4 Å². The number of esters is 1. The van der Waals surface area contributed by atoms with Crippen LogP contribution in [0, 0.1) is 0 Å². The Labute approximate surface area is 169 Å². The molecule has 0 spiro atoms. The summed E-state index contributed by atoms with van der Waals surface area (Å²) in [7, 11) is 0.0585. The fraction of sp³-hybridized carbons (Fsp3) is 0.333. The van der Waals surface area contributed by atoms with Crippen LogP contribution in [0.4, 0.5) is 0 Å². The largest absolute Gasteiger partial charge is 0.497 e. The highest BCUT2D eigenvalue weighted by Gasteiger charge is 2.32. The van der Waals surface area contributed by atoms with Gasteiger partial charge in [-0.15, -0.1) is 0 Å². The maximum atomic E-state index is 12.1. The summed E-state index contributed by atoms with van der Waals surface area (Å²) in [5.41, 5.74) is 0.819. The van der Waals surface area contributed by atoms with E-state index >= 15 is 0 Å². The van der Waals surface area contributed by atoms with Gasteiger partial charge in [0.2, 0.25) is 0 Å². The summed E-state index contributed by atoms with van der Waals surface area (Å²) >= 11 is 0. The van der Waals surface area contributed by atoms with Crippen molar-refractivity contribution in [3.05, 3.63) is 48.0 Å². The Morgan fingerprint density at radius 2 is 1.90 bits per heavy atom. The smallest absolute Gasteiger partial charge is 0.331 e. The first-order chi connectivity index (χ1) is 13.8. The maximum absolute atomic E-state index is 12.1. The molecule has 1 atom stereocenters. The molecule has 1 aliphatic heterocycles. The number of ether oxygens (including phenoxy) is 2. The first-order valence-electron chi connectivity index (χ1n) is 9.16. The topological polar surface area (TPSA) is 90.0 Å². The van der Waals surface area contributed by atoms with Crippen LogP contribution in [-0.4, -0.2) is 63.5 Å². The summed E-state index contributed by atoms with van der Waals surface area (Å²) < 4.78 is 33.3. The van der Waals surface area contributed by atoms with E-state index in [4.69, 9.17) is 9.47 Å². The molecule has 2 aromatic rings. The second-order valence-corrected chi connectivity index (χ2v) is 9.20. The molecule has 0 radical (unpaired) electrons. The number of fused-ring (bicyclic) bond motifs is 1. The molecule has 1 amide bonds. The van der Waals surface area contributed by atoms with Gasteiger partial charge in [-0.2, -0.15) is 0 Å². The molecule has 2 aromatic carbocycles. The van der Waals surface area contributed by atoms with Crippen LogP contribution in [0.2, 0.25) is 0 Å². The van der Waals surface area contributed by atoms with Crippen LogP contribution in [0.15, 0.2) is 42.5 Å². The van der Waals surface area contributed by atoms with Crippen LogP contribution in [0.1, 0.15) is 12.0 Å². The van der Waals surface area contributed by atoms with Gasteiger partial charge in [0, 0.05) is 19.2 Å². The van der Waals surface area contributed by atoms with Gasteiger partial charge in [-0.1, -0.05) is 18.2 Å². The van der Waals surface area contributed by atoms with Gasteiger partial charge in [0.25, 0.3) is 5.91 Å². The molecule has 1 aliphatic rings. The molecule has 1 fully saturated rings. The second kappa shape index (κ2) is 8.65. The van der Waals surface area contributed by atoms with Crippen LogP contribution < -0.4 is 4.74 Å². The number of hydrogen-bond donors (Lipinski definition) is 0. The standard InChI is InChI=1S/C21H23NO6S/c1-22(18-9-10-29(25,26)14-18)20(23)13-28-21(24)8-4-15-3-5-17-12-19(27-2)7-6-16(17)11-15/h3-8,11-12,18H,9-10,13-14H2,1-2H3/b8-4+/t18-/m1/s1. The van der Waals surface area contributed by atoms with Gasteiger partial charge in [0.15, 0.2) is 16.4 Å². The van der Waals surface area contributed by atoms with Crippen molar-refractivity contribution >= 4 is 38.6 Å². The average molecular weight is 417 g/mol. The highest BCUT2D eigenvalue weighted by Crippen LogP contribution is 2.22. The molecule has 7 nitrogen and oxygen atoms in total. The number of nitrogens with zero attached hydrogens (tertiary/aromatic N) is 1. The number of amides is 1. The van der Waals surface area contributed by atoms with E-state index in [1.165, 1.54) is 18.0 Å². The molecule has 0 N–H and O–H groups in total. The quantitative estimate of drug-likeness (QED) is 0.528. The molecular formula is C21H23NO6S. The van der Waals surface area contributed by atoms with E-state index in [0.717, 1.165) is 22.1 Å². The van der Waals surface area contributed by atoms with E-state index < -0.39 is 28.3 Å². The third kappa shape index (κ3) is 5.35. The van der Waals surface area contributed by atoms with Crippen LogP contribution in [0.3, 0.4) is 0 Å². The van der Waals surface area contributed by atoms with E-state index in [2.05, 4.69) is 0 Å². The summed E-state index contributed by atoms with van der Waals surface area (Å²) in [4.78, 5) is 25.4. The molecule has 0 unspecified atom stereocenters. The van der Waals surface area contributed by atoms with Crippen molar-refractivity contribution in [3.8, 4) is 5.75 Å². The minimum Gasteiger partial charge on any atom is -0.497 e. The van der Waals surface area contributed by atoms with E-state index in [-0.39, 0.29) is 17.5 Å². The molecule has 1 heterocycles. The van der Waals surface area contributed by atoms with Crippen LogP contribution in [-0.2, 0) is 24.2 Å². The molecule has 0 aromatic heterocycles. The Morgan fingerprint density at radius 3 is 2.59 bits per heavy atom. The predicted octanol–water partition coefficient (Wildman–Crippen LogP) is 2.05. The van der Waals surface area contributed by atoms with Gasteiger partial charge < -0.3 is 14.4 Å². The van der Waals surface area contributed by atoms with Gasteiger partial charge in [0.05, 0.1) is 18.6 Å². The fourth-order valence-corrected chi connectivity index (χ4v) is 4.98. The number of carbonyl (C=O) groups is 2. The van der Waals surface area contributed by atoms with Crippen molar-refractivity contribution in [1.82, 2.24) is 4.90 Å². The maximum Gasteiger partial charge on any atom is 0.331 e. The number of likely N-dealkylation sites (N-methyl/N-ethyl adjacent to an activating group) is 1. The molecular weight excluding hydrogens is 394 g/mol. The molecule has 154 valence electrons. The van der Waals surface area contributed by atoms with Crippen LogP contribution in [0.25, 0.3) is 16.8 Å². The summed E-state index contributed by atoms with van der Waals surface area (Å²) in [5, 5.41) is 2.02. The van der Waals surface area contributed by atoms with Crippen LogP contribution >= 0.6 is 0 Å².